The molecule has 0 amide bonds. The fourth-order valence-electron chi connectivity index (χ4n) is 0.0861. The van der Waals surface area contributed by atoms with Crippen LogP contribution in [0.25, 0.3) is 0 Å². The van der Waals surface area contributed by atoms with E-state index in [9.17, 15) is 0 Å². The zero-order valence-electron chi connectivity index (χ0n) is 3.29. The average Bonchev–Trinajstić information content (AvgIpc) is 1.35. The Bertz CT molecular complexity index is 30.0. The number of aliphatic hydroxyl groups excluding tert-OH is 1. The third-order valence-electron chi connectivity index (χ3n) is 0.182. The van der Waals surface area contributed by atoms with Crippen LogP contribution in [0.5, 0.6) is 0 Å². The third-order valence-corrected chi connectivity index (χ3v) is 0.547. The van der Waals surface area contributed by atoms with E-state index in [2.05, 4.69) is 4.18 Å². The van der Waals surface area contributed by atoms with Crippen molar-refractivity contribution >= 4 is 12.0 Å². The number of hydrogen-bond acceptors (Lipinski definition) is 4. The Hall–Kier alpha value is 0.230. The van der Waals surface area contributed by atoms with Crippen LogP contribution in [-0.4, -0.2) is 22.9 Å². The van der Waals surface area contributed by atoms with Crippen molar-refractivity contribution in [3.63, 3.8) is 0 Å². The molecule has 0 aliphatic carbocycles. The molecule has 2 N–H and O–H groups in total. The van der Waals surface area contributed by atoms with Crippen LogP contribution in [-0.2, 0) is 4.18 Å². The molecular weight excluding hydrogens is 104 g/mol. The second-order valence-electron chi connectivity index (χ2n) is 0.589. The van der Waals surface area contributed by atoms with Crippen molar-refractivity contribution in [1.29, 1.82) is 0 Å². The quantitative estimate of drug-likeness (QED) is 0.373. The molecule has 0 spiro atoms. The van der Waals surface area contributed by atoms with Crippen LogP contribution in [0.4, 0.5) is 0 Å². The van der Waals surface area contributed by atoms with Gasteiger partial charge >= 0.3 is 0 Å². The monoisotopic (exact) mass is 110 g/mol. The summed E-state index contributed by atoms with van der Waals surface area (Å²) in [6, 6.07) is 0. The van der Waals surface area contributed by atoms with Gasteiger partial charge < -0.3 is 10.2 Å². The van der Waals surface area contributed by atoms with Crippen molar-refractivity contribution in [3.05, 3.63) is 0 Å². The van der Waals surface area contributed by atoms with E-state index in [1.165, 1.54) is 0 Å². The van der Waals surface area contributed by atoms with E-state index in [4.69, 9.17) is 10.2 Å². The Morgan fingerprint density at radius 3 is 2.17 bits per heavy atom. The molecule has 0 radical (unpaired) electrons. The molecule has 0 bridgehead atoms. The summed E-state index contributed by atoms with van der Waals surface area (Å²) < 4.78 is 4.07. The fourth-order valence-corrected chi connectivity index (χ4v) is 0.258. The maximum atomic E-state index is 7.86. The standard InChI is InChI=1S/C2H6O3S/c1-6-5-2(3)4/h2-4H,1H3. The van der Waals surface area contributed by atoms with Gasteiger partial charge in [0.05, 0.1) is 0 Å². The Morgan fingerprint density at radius 2 is 2.17 bits per heavy atom. The van der Waals surface area contributed by atoms with Crippen molar-refractivity contribution in [2.75, 3.05) is 6.26 Å². The maximum absolute atomic E-state index is 7.86. The van der Waals surface area contributed by atoms with Crippen LogP contribution in [0.3, 0.4) is 0 Å². The highest BCUT2D eigenvalue weighted by Gasteiger charge is 1.89. The van der Waals surface area contributed by atoms with Crippen LogP contribution < -0.4 is 0 Å². The molecule has 6 heavy (non-hydrogen) atoms. The molecule has 0 aromatic carbocycles. The van der Waals surface area contributed by atoms with Crippen LogP contribution in [0.15, 0.2) is 0 Å². The molecule has 0 atom stereocenters. The average molecular weight is 110 g/mol. The van der Waals surface area contributed by atoms with Crippen molar-refractivity contribution in [2.45, 2.75) is 6.48 Å². The van der Waals surface area contributed by atoms with Gasteiger partial charge in [-0.25, -0.2) is 0 Å². The molecule has 0 aliphatic heterocycles. The molecular formula is C2H6O3S. The summed E-state index contributed by atoms with van der Waals surface area (Å²) in [5, 5.41) is 15.7. The molecule has 0 heterocycles. The SMILES string of the molecule is CSOC(O)O. The van der Waals surface area contributed by atoms with Crippen molar-refractivity contribution < 1.29 is 14.4 Å². The molecule has 4 heteroatoms. The minimum Gasteiger partial charge on any atom is -0.345 e. The van der Waals surface area contributed by atoms with Gasteiger partial charge in [-0.15, -0.1) is 0 Å². The van der Waals surface area contributed by atoms with Crippen LogP contribution in [0.2, 0.25) is 0 Å². The minimum absolute atomic E-state index is 0.910. The second kappa shape index (κ2) is 3.42. The largest absolute Gasteiger partial charge is 0.345 e. The van der Waals surface area contributed by atoms with Gasteiger partial charge in [0.2, 0.25) is 0 Å². The molecule has 0 saturated heterocycles. The van der Waals surface area contributed by atoms with Crippen molar-refractivity contribution in [1.82, 2.24) is 0 Å². The van der Waals surface area contributed by atoms with Crippen LogP contribution in [0, 0.1) is 0 Å². The van der Waals surface area contributed by atoms with Gasteiger partial charge in [0.1, 0.15) is 0 Å². The molecule has 3 nitrogen and oxygen atoms in total. The minimum atomic E-state index is -1.64. The summed E-state index contributed by atoms with van der Waals surface area (Å²) in [5.41, 5.74) is 0. The van der Waals surface area contributed by atoms with Gasteiger partial charge in [-0.3, -0.25) is 4.18 Å². The molecule has 0 aromatic heterocycles. The summed E-state index contributed by atoms with van der Waals surface area (Å²) in [5.74, 6) is 0. The lowest BCUT2D eigenvalue weighted by atomic mass is 11.4. The number of hydrogen-bond donors (Lipinski definition) is 2. The lowest BCUT2D eigenvalue weighted by Crippen LogP contribution is -2.03. The predicted octanol–water partition coefficient (Wildman–Crippen LogP) is -0.451. The van der Waals surface area contributed by atoms with Gasteiger partial charge in [0.15, 0.2) is 0 Å². The molecule has 0 aliphatic rings. The van der Waals surface area contributed by atoms with E-state index in [-0.39, 0.29) is 0 Å². The summed E-state index contributed by atoms with van der Waals surface area (Å²) >= 11 is 0.910. The van der Waals surface area contributed by atoms with Gasteiger partial charge in [-0.1, -0.05) is 0 Å². The predicted molar refractivity (Wildman–Crippen MR) is 22.8 cm³/mol. The highest BCUT2D eigenvalue weighted by atomic mass is 32.2. The maximum Gasteiger partial charge on any atom is 0.277 e. The first-order valence-corrected chi connectivity index (χ1v) is 2.48. The zero-order valence-corrected chi connectivity index (χ0v) is 4.10. The lowest BCUT2D eigenvalue weighted by molar-refractivity contribution is -0.170. The van der Waals surface area contributed by atoms with Gasteiger partial charge in [0, 0.05) is 6.26 Å². The summed E-state index contributed by atoms with van der Waals surface area (Å²) in [6.07, 6.45) is 1.60. The van der Waals surface area contributed by atoms with Crippen molar-refractivity contribution in [3.8, 4) is 0 Å². The molecule has 0 fully saturated rings. The fraction of sp³-hybridized carbons (Fsp3) is 1.00. The Balaban J connectivity index is 2.63. The first-order valence-electron chi connectivity index (χ1n) is 1.33. The highest BCUT2D eigenvalue weighted by Crippen LogP contribution is 1.94. The van der Waals surface area contributed by atoms with Gasteiger partial charge in [-0.2, -0.15) is 0 Å². The lowest BCUT2D eigenvalue weighted by Gasteiger charge is -1.96. The van der Waals surface area contributed by atoms with E-state index in [0.717, 1.165) is 12.0 Å². The first kappa shape index (κ1) is 6.23. The Kier molecular flexibility index (Phi) is 3.55. The van der Waals surface area contributed by atoms with E-state index in [1.807, 2.05) is 0 Å². The van der Waals surface area contributed by atoms with Gasteiger partial charge in [0.25, 0.3) is 6.48 Å². The molecule has 0 aromatic rings. The summed E-state index contributed by atoms with van der Waals surface area (Å²) in [4.78, 5) is 0. The van der Waals surface area contributed by atoms with E-state index in [0.29, 0.717) is 0 Å². The number of aliphatic hydroxyl groups is 2. The third kappa shape index (κ3) is 4.23. The second-order valence-corrected chi connectivity index (χ2v) is 1.11. The topological polar surface area (TPSA) is 49.7 Å². The van der Waals surface area contributed by atoms with Crippen molar-refractivity contribution in [2.24, 2.45) is 0 Å². The number of rotatable bonds is 2. The van der Waals surface area contributed by atoms with E-state index < -0.39 is 6.48 Å². The zero-order chi connectivity index (χ0) is 4.99. The smallest absolute Gasteiger partial charge is 0.277 e. The molecule has 0 rings (SSSR count). The van der Waals surface area contributed by atoms with Gasteiger partial charge in [-0.05, 0) is 12.0 Å². The molecule has 38 valence electrons. The Morgan fingerprint density at radius 1 is 1.67 bits per heavy atom. The molecule has 0 unspecified atom stereocenters. The van der Waals surface area contributed by atoms with Crippen LogP contribution >= 0.6 is 12.0 Å². The highest BCUT2D eigenvalue weighted by molar-refractivity contribution is 7.93. The normalized spacial score (nSPS) is 10.0. The first-order chi connectivity index (χ1) is 2.77. The summed E-state index contributed by atoms with van der Waals surface area (Å²) in [6.45, 7) is -1.64. The Labute approximate surface area is 40.1 Å². The van der Waals surface area contributed by atoms with E-state index >= 15 is 0 Å². The van der Waals surface area contributed by atoms with E-state index in [1.54, 1.807) is 6.26 Å². The van der Waals surface area contributed by atoms with Crippen LogP contribution in [0.1, 0.15) is 0 Å². The molecule has 0 saturated carbocycles. The summed E-state index contributed by atoms with van der Waals surface area (Å²) in [7, 11) is 0.